The Morgan fingerprint density at radius 2 is 2.12 bits per heavy atom. The van der Waals surface area contributed by atoms with Gasteiger partial charge in [0.05, 0.1) is 6.04 Å². The second-order valence-electron chi connectivity index (χ2n) is 5.76. The second kappa shape index (κ2) is 7.57. The molecule has 1 aromatic rings. The van der Waals surface area contributed by atoms with E-state index in [9.17, 15) is 23.1 Å². The summed E-state index contributed by atoms with van der Waals surface area (Å²) in [6.07, 6.45) is 2.00. The van der Waals surface area contributed by atoms with Gasteiger partial charge >= 0.3 is 12.2 Å². The van der Waals surface area contributed by atoms with Gasteiger partial charge in [0.25, 0.3) is 0 Å². The first-order valence-electron chi connectivity index (χ1n) is 7.30. The lowest BCUT2D eigenvalue weighted by Crippen LogP contribution is -2.49. The summed E-state index contributed by atoms with van der Waals surface area (Å²) >= 11 is 0. The van der Waals surface area contributed by atoms with Crippen LogP contribution in [0.3, 0.4) is 0 Å². The zero-order valence-electron chi connectivity index (χ0n) is 13.7. The molecule has 0 saturated carbocycles. The van der Waals surface area contributed by atoms with Gasteiger partial charge in [0.2, 0.25) is 5.60 Å². The van der Waals surface area contributed by atoms with Crippen molar-refractivity contribution in [2.75, 3.05) is 6.54 Å². The second-order valence-corrected chi connectivity index (χ2v) is 5.76. The number of carbonyl (C=O) groups excluding carboxylic acids is 1. The number of aryl methyl sites for hydroxylation is 1. The van der Waals surface area contributed by atoms with E-state index in [2.05, 4.69) is 21.5 Å². The van der Waals surface area contributed by atoms with Gasteiger partial charge in [0.15, 0.2) is 0 Å². The van der Waals surface area contributed by atoms with E-state index in [0.29, 0.717) is 0 Å². The third kappa shape index (κ3) is 4.41. The molecule has 2 unspecified atom stereocenters. The summed E-state index contributed by atoms with van der Waals surface area (Å²) in [4.78, 5) is 15.3. The molecule has 2 atom stereocenters. The Hall–Kier alpha value is -2.21. The molecule has 3 N–H and O–H groups in total. The van der Waals surface area contributed by atoms with Gasteiger partial charge in [0, 0.05) is 32.4 Å². The first kappa shape index (κ1) is 19.8. The van der Waals surface area contributed by atoms with Crippen LogP contribution in [0.15, 0.2) is 12.4 Å². The van der Waals surface area contributed by atoms with Crippen molar-refractivity contribution in [3.05, 3.63) is 18.2 Å². The molecule has 0 aliphatic carbocycles. The van der Waals surface area contributed by atoms with E-state index >= 15 is 0 Å². The van der Waals surface area contributed by atoms with Crippen molar-refractivity contribution in [1.29, 1.82) is 0 Å². The Morgan fingerprint density at radius 1 is 1.50 bits per heavy atom. The molecule has 0 radical (unpaired) electrons. The Balaban J connectivity index is 2.74. The monoisotopic (exact) mass is 346 g/mol. The minimum Gasteiger partial charge on any atom is -0.374 e. The molecule has 0 spiro atoms. The third-order valence-corrected chi connectivity index (χ3v) is 3.57. The zero-order valence-corrected chi connectivity index (χ0v) is 13.7. The highest BCUT2D eigenvalue weighted by Crippen LogP contribution is 2.40. The van der Waals surface area contributed by atoms with Crippen molar-refractivity contribution >= 4 is 6.03 Å². The van der Waals surface area contributed by atoms with Crippen LogP contribution >= 0.6 is 0 Å². The lowest BCUT2D eigenvalue weighted by atomic mass is 9.97. The topological polar surface area (TPSA) is 79.2 Å². The minimum absolute atomic E-state index is 0.0274. The average Bonchev–Trinajstić information content (AvgIpc) is 2.89. The molecule has 1 aromatic heterocycles. The maximum Gasteiger partial charge on any atom is 0.424 e. The number of hydrogen-bond acceptors (Lipinski definition) is 3. The summed E-state index contributed by atoms with van der Waals surface area (Å²) in [6, 6.07) is -1.24. The number of terminal acetylenes is 1. The number of aromatic nitrogens is 2. The van der Waals surface area contributed by atoms with E-state index in [-0.39, 0.29) is 5.92 Å². The summed E-state index contributed by atoms with van der Waals surface area (Å²) < 4.78 is 40.9. The molecule has 134 valence electrons. The van der Waals surface area contributed by atoms with Crippen LogP contribution in [-0.2, 0) is 12.6 Å². The van der Waals surface area contributed by atoms with Crippen molar-refractivity contribution in [3.8, 4) is 12.3 Å². The van der Waals surface area contributed by atoms with Gasteiger partial charge in [-0.05, 0) is 5.92 Å². The van der Waals surface area contributed by atoms with Gasteiger partial charge in [-0.25, -0.2) is 9.78 Å². The summed E-state index contributed by atoms with van der Waals surface area (Å²) in [5.74, 6) is 1.81. The van der Waals surface area contributed by atoms with E-state index in [1.54, 1.807) is 13.8 Å². The number of carbonyl (C=O) groups is 1. The maximum atomic E-state index is 13.3. The lowest BCUT2D eigenvalue weighted by molar-refractivity contribution is -0.272. The van der Waals surface area contributed by atoms with Crippen LogP contribution in [0.4, 0.5) is 18.0 Å². The number of nitrogens with zero attached hydrogens (tertiary/aromatic N) is 2. The predicted octanol–water partition coefficient (Wildman–Crippen LogP) is 1.52. The van der Waals surface area contributed by atoms with Gasteiger partial charge < -0.3 is 20.3 Å². The van der Waals surface area contributed by atoms with Gasteiger partial charge in [-0.15, -0.1) is 6.42 Å². The number of nitrogens with one attached hydrogen (secondary N) is 2. The highest BCUT2D eigenvalue weighted by molar-refractivity contribution is 5.74. The molecular formula is C15H21F3N4O2. The molecular weight excluding hydrogens is 325 g/mol. The Morgan fingerprint density at radius 3 is 2.54 bits per heavy atom. The van der Waals surface area contributed by atoms with Crippen molar-refractivity contribution in [1.82, 2.24) is 20.2 Å². The van der Waals surface area contributed by atoms with E-state index < -0.39 is 42.6 Å². The van der Waals surface area contributed by atoms with E-state index in [4.69, 9.17) is 6.42 Å². The number of rotatable bonds is 6. The number of urea groups is 1. The molecule has 0 fully saturated rings. The number of imidazole rings is 1. The molecule has 6 nitrogen and oxygen atoms in total. The molecule has 1 rings (SSSR count). The predicted molar refractivity (Wildman–Crippen MR) is 81.8 cm³/mol. The van der Waals surface area contributed by atoms with Gasteiger partial charge in [-0.1, -0.05) is 19.8 Å². The number of halogens is 3. The van der Waals surface area contributed by atoms with Crippen LogP contribution in [0.1, 0.15) is 26.1 Å². The fourth-order valence-electron chi connectivity index (χ4n) is 2.09. The Labute approximate surface area is 138 Å². The van der Waals surface area contributed by atoms with Gasteiger partial charge in [0.1, 0.15) is 5.82 Å². The van der Waals surface area contributed by atoms with Crippen LogP contribution in [0.2, 0.25) is 0 Å². The van der Waals surface area contributed by atoms with Crippen LogP contribution in [0, 0.1) is 18.3 Å². The SMILES string of the molecule is C#CC(NC(=O)NCCC(O)(c1nccn1C)C(F)(F)F)C(C)C. The average molecular weight is 346 g/mol. The van der Waals surface area contributed by atoms with Crippen molar-refractivity contribution in [3.63, 3.8) is 0 Å². The molecule has 0 saturated heterocycles. The van der Waals surface area contributed by atoms with E-state index in [1.807, 2.05) is 0 Å². The fourth-order valence-corrected chi connectivity index (χ4v) is 2.09. The van der Waals surface area contributed by atoms with Crippen LogP contribution in [-0.4, -0.2) is 39.5 Å². The van der Waals surface area contributed by atoms with Gasteiger partial charge in [-0.3, -0.25) is 0 Å². The third-order valence-electron chi connectivity index (χ3n) is 3.57. The number of aliphatic hydroxyl groups is 1. The summed E-state index contributed by atoms with van der Waals surface area (Å²) in [7, 11) is 1.35. The maximum absolute atomic E-state index is 13.3. The number of hydrogen-bond donors (Lipinski definition) is 3. The van der Waals surface area contributed by atoms with E-state index in [1.165, 1.54) is 13.2 Å². The van der Waals surface area contributed by atoms with Crippen molar-refractivity contribution < 1.29 is 23.1 Å². The Kier molecular flexibility index (Phi) is 6.26. The molecule has 24 heavy (non-hydrogen) atoms. The summed E-state index contributed by atoms with van der Waals surface area (Å²) in [5, 5.41) is 14.8. The first-order chi connectivity index (χ1) is 11.0. The van der Waals surface area contributed by atoms with Gasteiger partial charge in [-0.2, -0.15) is 13.2 Å². The molecule has 0 bridgehead atoms. The number of amides is 2. The summed E-state index contributed by atoms with van der Waals surface area (Å²) in [6.45, 7) is 3.19. The zero-order chi connectivity index (χ0) is 18.5. The first-order valence-corrected chi connectivity index (χ1v) is 7.30. The van der Waals surface area contributed by atoms with Crippen LogP contribution in [0.25, 0.3) is 0 Å². The van der Waals surface area contributed by atoms with Crippen LogP contribution < -0.4 is 10.6 Å². The molecule has 0 aromatic carbocycles. The smallest absolute Gasteiger partial charge is 0.374 e. The number of alkyl halides is 3. The molecule has 1 heterocycles. The highest BCUT2D eigenvalue weighted by atomic mass is 19.4. The fraction of sp³-hybridized carbons (Fsp3) is 0.600. The molecule has 0 aliphatic heterocycles. The van der Waals surface area contributed by atoms with Crippen LogP contribution in [0.5, 0.6) is 0 Å². The standard InChI is InChI=1S/C15H21F3N4O2/c1-5-11(10(2)3)21-13(23)20-7-6-14(24,15(16,17)18)12-19-8-9-22(12)4/h1,8-11,24H,6-7H2,2-4H3,(H2,20,21,23). The highest BCUT2D eigenvalue weighted by Gasteiger charge is 2.57. The largest absolute Gasteiger partial charge is 0.424 e. The van der Waals surface area contributed by atoms with Crippen molar-refractivity contribution in [2.24, 2.45) is 13.0 Å². The molecule has 0 aliphatic rings. The quantitative estimate of drug-likeness (QED) is 0.684. The molecule has 2 amide bonds. The summed E-state index contributed by atoms with van der Waals surface area (Å²) in [5.41, 5.74) is -3.16. The van der Waals surface area contributed by atoms with E-state index in [0.717, 1.165) is 10.8 Å². The Bertz CT molecular complexity index is 607. The lowest BCUT2D eigenvalue weighted by Gasteiger charge is -2.30. The molecule has 9 heteroatoms. The van der Waals surface area contributed by atoms with Crippen molar-refractivity contribution in [2.45, 2.75) is 38.1 Å². The minimum atomic E-state index is -4.94. The normalized spacial score (nSPS) is 15.5.